The molecular formula is C15H14N4O2S. The molecule has 22 heavy (non-hydrogen) atoms. The van der Waals surface area contributed by atoms with Crippen molar-refractivity contribution in [3.63, 3.8) is 0 Å². The molecule has 1 amide bonds. The predicted molar refractivity (Wildman–Crippen MR) is 86.2 cm³/mol. The third-order valence-electron chi connectivity index (χ3n) is 3.12. The van der Waals surface area contributed by atoms with Crippen molar-refractivity contribution < 1.29 is 4.79 Å². The van der Waals surface area contributed by atoms with E-state index in [4.69, 9.17) is 0 Å². The first-order valence-electron chi connectivity index (χ1n) is 6.71. The summed E-state index contributed by atoms with van der Waals surface area (Å²) in [7, 11) is 0. The Balaban J connectivity index is 1.76. The first kappa shape index (κ1) is 14.4. The van der Waals surface area contributed by atoms with Gasteiger partial charge in [0.1, 0.15) is 6.54 Å². The Morgan fingerprint density at radius 1 is 1.32 bits per heavy atom. The number of anilines is 1. The molecule has 0 radical (unpaired) electrons. The molecule has 0 spiro atoms. The van der Waals surface area contributed by atoms with Crippen molar-refractivity contribution in [1.29, 1.82) is 0 Å². The number of carbonyl (C=O) groups excluding carboxylic acids is 1. The number of rotatable bonds is 3. The Hall–Kier alpha value is -2.54. The molecular weight excluding hydrogens is 300 g/mol. The number of hydrogen-bond acceptors (Lipinski definition) is 5. The average molecular weight is 314 g/mol. The highest BCUT2D eigenvalue weighted by Crippen LogP contribution is 2.26. The number of thiazole rings is 1. The van der Waals surface area contributed by atoms with E-state index >= 15 is 0 Å². The van der Waals surface area contributed by atoms with Gasteiger partial charge < -0.3 is 5.32 Å². The highest BCUT2D eigenvalue weighted by molar-refractivity contribution is 7.22. The Morgan fingerprint density at radius 3 is 2.91 bits per heavy atom. The topological polar surface area (TPSA) is 76.9 Å². The van der Waals surface area contributed by atoms with Gasteiger partial charge in [0.15, 0.2) is 5.13 Å². The Kier molecular flexibility index (Phi) is 3.72. The molecule has 6 nitrogen and oxygen atoms in total. The fraction of sp³-hybridized carbons (Fsp3) is 0.200. The van der Waals surface area contributed by atoms with Gasteiger partial charge >= 0.3 is 0 Å². The fourth-order valence-corrected chi connectivity index (χ4v) is 3.01. The van der Waals surface area contributed by atoms with Crippen LogP contribution in [-0.2, 0) is 11.3 Å². The molecule has 1 aromatic carbocycles. The highest BCUT2D eigenvalue weighted by Gasteiger charge is 2.09. The van der Waals surface area contributed by atoms with Gasteiger partial charge in [0.05, 0.1) is 16.5 Å². The van der Waals surface area contributed by atoms with Crippen molar-refractivity contribution in [2.75, 3.05) is 5.32 Å². The van der Waals surface area contributed by atoms with Gasteiger partial charge in [0.25, 0.3) is 5.56 Å². The molecule has 2 aromatic heterocycles. The first-order chi connectivity index (χ1) is 10.5. The minimum Gasteiger partial charge on any atom is -0.300 e. The lowest BCUT2D eigenvalue weighted by Crippen LogP contribution is -2.27. The maximum atomic E-state index is 12.0. The van der Waals surface area contributed by atoms with E-state index in [-0.39, 0.29) is 18.0 Å². The second-order valence-corrected chi connectivity index (χ2v) is 6.07. The van der Waals surface area contributed by atoms with Crippen molar-refractivity contribution in [1.82, 2.24) is 14.5 Å². The van der Waals surface area contributed by atoms with E-state index in [2.05, 4.69) is 15.3 Å². The van der Waals surface area contributed by atoms with Crippen LogP contribution >= 0.6 is 11.3 Å². The molecule has 2 heterocycles. The van der Waals surface area contributed by atoms with Crippen LogP contribution in [0.3, 0.4) is 0 Å². The van der Waals surface area contributed by atoms with Gasteiger partial charge in [0.2, 0.25) is 5.91 Å². The van der Waals surface area contributed by atoms with Crippen LogP contribution in [0.2, 0.25) is 0 Å². The van der Waals surface area contributed by atoms with E-state index < -0.39 is 0 Å². The van der Waals surface area contributed by atoms with Crippen LogP contribution in [0.4, 0.5) is 5.13 Å². The number of fused-ring (bicyclic) bond motifs is 1. The normalized spacial score (nSPS) is 10.8. The van der Waals surface area contributed by atoms with Crippen molar-refractivity contribution in [3.8, 4) is 0 Å². The Bertz CT molecular complexity index is 913. The van der Waals surface area contributed by atoms with Crippen LogP contribution < -0.4 is 10.9 Å². The quantitative estimate of drug-likeness (QED) is 0.803. The summed E-state index contributed by atoms with van der Waals surface area (Å²) >= 11 is 1.41. The maximum Gasteiger partial charge on any atom is 0.253 e. The lowest BCUT2D eigenvalue weighted by Gasteiger charge is -2.04. The van der Waals surface area contributed by atoms with E-state index in [0.29, 0.717) is 10.8 Å². The van der Waals surface area contributed by atoms with Crippen LogP contribution in [0.5, 0.6) is 0 Å². The van der Waals surface area contributed by atoms with Gasteiger partial charge in [-0.3, -0.25) is 14.2 Å². The third kappa shape index (κ3) is 3.04. The Morgan fingerprint density at radius 2 is 2.14 bits per heavy atom. The maximum absolute atomic E-state index is 12.0. The first-order valence-corrected chi connectivity index (χ1v) is 7.53. The van der Waals surface area contributed by atoms with Gasteiger partial charge in [-0.1, -0.05) is 17.4 Å². The van der Waals surface area contributed by atoms with E-state index in [1.54, 1.807) is 6.92 Å². The SMILES string of the molecule is Cc1ccc2nc(NC(=O)Cn3cnc(C)cc3=O)sc2c1. The molecule has 0 aliphatic heterocycles. The molecule has 0 bridgehead atoms. The zero-order valence-corrected chi connectivity index (χ0v) is 13.0. The number of nitrogens with zero attached hydrogens (tertiary/aromatic N) is 3. The molecule has 0 atom stereocenters. The third-order valence-corrected chi connectivity index (χ3v) is 4.05. The highest BCUT2D eigenvalue weighted by atomic mass is 32.1. The number of nitrogens with one attached hydrogen (secondary N) is 1. The van der Waals surface area contributed by atoms with Crippen LogP contribution in [-0.4, -0.2) is 20.4 Å². The van der Waals surface area contributed by atoms with Gasteiger partial charge in [-0.05, 0) is 31.5 Å². The Labute approximate surface area is 130 Å². The number of carbonyl (C=O) groups is 1. The number of aryl methyl sites for hydroxylation is 2. The lowest BCUT2D eigenvalue weighted by atomic mass is 10.2. The van der Waals surface area contributed by atoms with Gasteiger partial charge in [-0.2, -0.15) is 0 Å². The number of benzene rings is 1. The molecule has 7 heteroatoms. The molecule has 0 aliphatic carbocycles. The van der Waals surface area contributed by atoms with Crippen LogP contribution in [0, 0.1) is 13.8 Å². The van der Waals surface area contributed by atoms with Crippen molar-refractivity contribution in [2.24, 2.45) is 0 Å². The largest absolute Gasteiger partial charge is 0.300 e. The average Bonchev–Trinajstić information content (AvgIpc) is 2.83. The summed E-state index contributed by atoms with van der Waals surface area (Å²) in [6.07, 6.45) is 1.37. The molecule has 3 aromatic rings. The van der Waals surface area contributed by atoms with Crippen LogP contribution in [0.1, 0.15) is 11.3 Å². The number of amides is 1. The number of aromatic nitrogens is 3. The molecule has 0 unspecified atom stereocenters. The van der Waals surface area contributed by atoms with Crippen LogP contribution in [0.15, 0.2) is 35.4 Å². The van der Waals surface area contributed by atoms with E-state index in [1.807, 2.05) is 25.1 Å². The van der Waals surface area contributed by atoms with Gasteiger partial charge in [-0.15, -0.1) is 0 Å². The van der Waals surface area contributed by atoms with E-state index in [0.717, 1.165) is 15.8 Å². The summed E-state index contributed by atoms with van der Waals surface area (Å²) in [4.78, 5) is 32.1. The number of hydrogen-bond donors (Lipinski definition) is 1. The second-order valence-electron chi connectivity index (χ2n) is 5.03. The summed E-state index contributed by atoms with van der Waals surface area (Å²) in [6, 6.07) is 7.32. The monoisotopic (exact) mass is 314 g/mol. The standard InChI is InChI=1S/C15H14N4O2S/c1-9-3-4-11-12(5-9)22-15(17-11)18-13(20)7-19-8-16-10(2)6-14(19)21/h3-6,8H,7H2,1-2H3,(H,17,18,20). The van der Waals surface area contributed by atoms with Gasteiger partial charge in [-0.25, -0.2) is 9.97 Å². The van der Waals surface area contributed by atoms with Crippen molar-refractivity contribution in [3.05, 3.63) is 52.2 Å². The smallest absolute Gasteiger partial charge is 0.253 e. The van der Waals surface area contributed by atoms with Gasteiger partial charge in [0, 0.05) is 11.8 Å². The molecule has 0 aliphatic rings. The van der Waals surface area contributed by atoms with E-state index in [9.17, 15) is 9.59 Å². The molecule has 0 fully saturated rings. The summed E-state index contributed by atoms with van der Waals surface area (Å²) in [5.41, 5.74) is 2.37. The molecule has 0 saturated heterocycles. The molecule has 3 rings (SSSR count). The summed E-state index contributed by atoms with van der Waals surface area (Å²) in [5, 5.41) is 3.25. The summed E-state index contributed by atoms with van der Waals surface area (Å²) in [5.74, 6) is -0.302. The molecule has 112 valence electrons. The zero-order chi connectivity index (χ0) is 15.7. The van der Waals surface area contributed by atoms with Crippen LogP contribution in [0.25, 0.3) is 10.2 Å². The zero-order valence-electron chi connectivity index (χ0n) is 12.2. The van der Waals surface area contributed by atoms with Crippen molar-refractivity contribution in [2.45, 2.75) is 20.4 Å². The molecule has 0 saturated carbocycles. The lowest BCUT2D eigenvalue weighted by molar-refractivity contribution is -0.116. The van der Waals surface area contributed by atoms with E-state index in [1.165, 1.54) is 28.3 Å². The minimum absolute atomic E-state index is 0.0823. The second kappa shape index (κ2) is 5.69. The summed E-state index contributed by atoms with van der Waals surface area (Å²) < 4.78 is 2.28. The predicted octanol–water partition coefficient (Wildman–Crippen LogP) is 2.11. The van der Waals surface area contributed by atoms with Crippen molar-refractivity contribution >= 4 is 32.6 Å². The fourth-order valence-electron chi connectivity index (χ4n) is 2.03. The summed E-state index contributed by atoms with van der Waals surface area (Å²) in [6.45, 7) is 3.66. The molecule has 1 N–H and O–H groups in total. The minimum atomic E-state index is -0.302.